The van der Waals surface area contributed by atoms with Crippen LogP contribution >= 0.6 is 0 Å². The fourth-order valence-electron chi connectivity index (χ4n) is 1.53. The summed E-state index contributed by atoms with van der Waals surface area (Å²) in [5.41, 5.74) is 3.89. The second-order valence-corrected chi connectivity index (χ2v) is 3.35. The van der Waals surface area contributed by atoms with E-state index in [4.69, 9.17) is 5.26 Å². The first kappa shape index (κ1) is 9.48. The van der Waals surface area contributed by atoms with Crippen LogP contribution in [0.1, 0.15) is 11.1 Å². The van der Waals surface area contributed by atoms with Gasteiger partial charge in [0.1, 0.15) is 0 Å². The molecule has 2 aromatic carbocycles. The molecule has 15 heavy (non-hydrogen) atoms. The third-order valence-corrected chi connectivity index (χ3v) is 2.34. The first-order valence-electron chi connectivity index (χ1n) is 4.73. The van der Waals surface area contributed by atoms with Crippen LogP contribution in [0.5, 0.6) is 0 Å². The molecule has 1 heteroatoms. The zero-order chi connectivity index (χ0) is 10.7. The third-order valence-electron chi connectivity index (χ3n) is 2.34. The van der Waals surface area contributed by atoms with Gasteiger partial charge in [0, 0.05) is 0 Å². The van der Waals surface area contributed by atoms with E-state index in [2.05, 4.69) is 13.0 Å². The van der Waals surface area contributed by atoms with Crippen molar-refractivity contribution in [3.8, 4) is 17.2 Å². The molecule has 0 heterocycles. The quantitative estimate of drug-likeness (QED) is 0.679. The van der Waals surface area contributed by atoms with Crippen molar-refractivity contribution in [2.24, 2.45) is 0 Å². The van der Waals surface area contributed by atoms with Crippen molar-refractivity contribution in [3.63, 3.8) is 0 Å². The molecule has 71 valence electrons. The van der Waals surface area contributed by atoms with Crippen LogP contribution in [0.3, 0.4) is 0 Å². The summed E-state index contributed by atoms with van der Waals surface area (Å²) >= 11 is 0. The average Bonchev–Trinajstić information content (AvgIpc) is 2.30. The van der Waals surface area contributed by atoms with Gasteiger partial charge >= 0.3 is 0 Å². The molecule has 0 saturated carbocycles. The summed E-state index contributed by atoms with van der Waals surface area (Å²) in [6, 6.07) is 17.6. The highest BCUT2D eigenvalue weighted by Gasteiger charge is 2.00. The van der Waals surface area contributed by atoms with E-state index in [-0.39, 0.29) is 0 Å². The van der Waals surface area contributed by atoms with Crippen LogP contribution in [0, 0.1) is 18.3 Å². The van der Waals surface area contributed by atoms with E-state index < -0.39 is 0 Å². The standard InChI is InChI=1S/C14H10N/c1-11-4-2-3-5-14(11)13-8-6-12(10-15)7-9-13/h2-9H,1H2. The highest BCUT2D eigenvalue weighted by atomic mass is 14.2. The van der Waals surface area contributed by atoms with Crippen molar-refractivity contribution < 1.29 is 0 Å². The van der Waals surface area contributed by atoms with Crippen LogP contribution in [0.2, 0.25) is 0 Å². The number of hydrogen-bond acceptors (Lipinski definition) is 1. The highest BCUT2D eigenvalue weighted by molar-refractivity contribution is 5.68. The minimum atomic E-state index is 0.681. The zero-order valence-electron chi connectivity index (χ0n) is 8.27. The second-order valence-electron chi connectivity index (χ2n) is 3.35. The lowest BCUT2D eigenvalue weighted by atomic mass is 10.00. The zero-order valence-corrected chi connectivity index (χ0v) is 8.27. The molecule has 0 aliphatic heterocycles. The van der Waals surface area contributed by atoms with E-state index >= 15 is 0 Å². The largest absolute Gasteiger partial charge is 0.192 e. The highest BCUT2D eigenvalue weighted by Crippen LogP contribution is 2.22. The summed E-state index contributed by atoms with van der Waals surface area (Å²) in [6.07, 6.45) is 0. The Morgan fingerprint density at radius 1 is 0.933 bits per heavy atom. The molecule has 2 rings (SSSR count). The first-order chi connectivity index (χ1) is 7.31. The van der Waals surface area contributed by atoms with Gasteiger partial charge in [-0.1, -0.05) is 36.4 Å². The molecule has 0 fully saturated rings. The molecular weight excluding hydrogens is 182 g/mol. The lowest BCUT2D eigenvalue weighted by Crippen LogP contribution is -1.82. The van der Waals surface area contributed by atoms with Crippen LogP contribution in [-0.4, -0.2) is 0 Å². The van der Waals surface area contributed by atoms with Crippen molar-refractivity contribution in [1.29, 1.82) is 5.26 Å². The summed E-state index contributed by atoms with van der Waals surface area (Å²) in [7, 11) is 0. The molecule has 0 saturated heterocycles. The monoisotopic (exact) mass is 192 g/mol. The molecule has 0 aliphatic carbocycles. The van der Waals surface area contributed by atoms with E-state index in [0.717, 1.165) is 16.7 Å². The van der Waals surface area contributed by atoms with E-state index in [0.29, 0.717) is 5.56 Å². The number of nitriles is 1. The lowest BCUT2D eigenvalue weighted by molar-refractivity contribution is 1.48. The Bertz CT molecular complexity index is 504. The summed E-state index contributed by atoms with van der Waals surface area (Å²) in [6.45, 7) is 3.97. The van der Waals surface area contributed by atoms with Gasteiger partial charge in [0.2, 0.25) is 0 Å². The first-order valence-corrected chi connectivity index (χ1v) is 4.73. The molecule has 0 spiro atoms. The Morgan fingerprint density at radius 2 is 1.60 bits per heavy atom. The van der Waals surface area contributed by atoms with E-state index in [1.54, 1.807) is 0 Å². The van der Waals surface area contributed by atoms with Gasteiger partial charge in [0.15, 0.2) is 0 Å². The van der Waals surface area contributed by atoms with Crippen molar-refractivity contribution in [2.45, 2.75) is 0 Å². The molecule has 0 amide bonds. The Morgan fingerprint density at radius 3 is 2.20 bits per heavy atom. The van der Waals surface area contributed by atoms with Gasteiger partial charge in [-0.05, 0) is 35.7 Å². The fourth-order valence-corrected chi connectivity index (χ4v) is 1.53. The predicted molar refractivity (Wildman–Crippen MR) is 61.1 cm³/mol. The maximum atomic E-state index is 8.69. The van der Waals surface area contributed by atoms with Crippen molar-refractivity contribution in [3.05, 3.63) is 66.6 Å². The van der Waals surface area contributed by atoms with Gasteiger partial charge < -0.3 is 0 Å². The van der Waals surface area contributed by atoms with Gasteiger partial charge in [-0.15, -0.1) is 0 Å². The fraction of sp³-hybridized carbons (Fsp3) is 0. The predicted octanol–water partition coefficient (Wildman–Crippen LogP) is 3.41. The maximum Gasteiger partial charge on any atom is 0.0991 e. The molecule has 1 radical (unpaired) electrons. The normalized spacial score (nSPS) is 9.60. The summed E-state index contributed by atoms with van der Waals surface area (Å²) in [5, 5.41) is 8.69. The minimum absolute atomic E-state index is 0.681. The number of nitrogens with zero attached hydrogens (tertiary/aromatic N) is 1. The number of hydrogen-bond donors (Lipinski definition) is 0. The van der Waals surface area contributed by atoms with Crippen molar-refractivity contribution in [2.75, 3.05) is 0 Å². The van der Waals surface area contributed by atoms with Gasteiger partial charge in [0.05, 0.1) is 11.6 Å². The van der Waals surface area contributed by atoms with E-state index in [1.165, 1.54) is 0 Å². The number of benzene rings is 2. The Labute approximate surface area is 89.6 Å². The SMILES string of the molecule is [CH2]c1ccccc1-c1ccc(C#N)cc1. The molecule has 0 aromatic heterocycles. The average molecular weight is 192 g/mol. The van der Waals surface area contributed by atoms with Gasteiger partial charge in [-0.3, -0.25) is 0 Å². The van der Waals surface area contributed by atoms with Crippen LogP contribution in [0.25, 0.3) is 11.1 Å². The molecule has 0 atom stereocenters. The Kier molecular flexibility index (Phi) is 2.51. The second kappa shape index (κ2) is 3.98. The van der Waals surface area contributed by atoms with E-state index in [1.807, 2.05) is 48.5 Å². The summed E-state index contributed by atoms with van der Waals surface area (Å²) < 4.78 is 0. The lowest BCUT2D eigenvalue weighted by Gasteiger charge is -2.04. The van der Waals surface area contributed by atoms with Crippen LogP contribution in [0.15, 0.2) is 48.5 Å². The van der Waals surface area contributed by atoms with Gasteiger partial charge in [-0.25, -0.2) is 0 Å². The van der Waals surface area contributed by atoms with Crippen LogP contribution in [0.4, 0.5) is 0 Å². The van der Waals surface area contributed by atoms with Gasteiger partial charge in [0.25, 0.3) is 0 Å². The Balaban J connectivity index is 2.47. The summed E-state index contributed by atoms with van der Waals surface area (Å²) in [4.78, 5) is 0. The summed E-state index contributed by atoms with van der Waals surface area (Å²) in [5.74, 6) is 0. The molecule has 0 aliphatic rings. The smallest absolute Gasteiger partial charge is 0.0991 e. The third kappa shape index (κ3) is 1.89. The number of rotatable bonds is 1. The van der Waals surface area contributed by atoms with Gasteiger partial charge in [-0.2, -0.15) is 5.26 Å². The molecule has 0 unspecified atom stereocenters. The minimum Gasteiger partial charge on any atom is -0.192 e. The van der Waals surface area contributed by atoms with Crippen molar-refractivity contribution in [1.82, 2.24) is 0 Å². The Hall–Kier alpha value is -2.07. The molecule has 2 aromatic rings. The molecular formula is C14H10N. The van der Waals surface area contributed by atoms with Crippen LogP contribution in [-0.2, 0) is 0 Å². The van der Waals surface area contributed by atoms with Crippen LogP contribution < -0.4 is 0 Å². The molecule has 1 nitrogen and oxygen atoms in total. The molecule has 0 bridgehead atoms. The van der Waals surface area contributed by atoms with E-state index in [9.17, 15) is 0 Å². The van der Waals surface area contributed by atoms with Crippen molar-refractivity contribution >= 4 is 0 Å². The topological polar surface area (TPSA) is 23.8 Å². The molecule has 0 N–H and O–H groups in total. The maximum absolute atomic E-state index is 8.69.